The van der Waals surface area contributed by atoms with Gasteiger partial charge in [0.25, 0.3) is 0 Å². The van der Waals surface area contributed by atoms with Gasteiger partial charge in [-0.3, -0.25) is 14.4 Å². The summed E-state index contributed by atoms with van der Waals surface area (Å²) in [5.41, 5.74) is 2.60. The predicted octanol–water partition coefficient (Wildman–Crippen LogP) is 5.74. The number of hydrogen-bond donors (Lipinski definition) is 0. The first kappa shape index (κ1) is 23.3. The van der Waals surface area contributed by atoms with E-state index in [1.54, 1.807) is 24.3 Å². The summed E-state index contributed by atoms with van der Waals surface area (Å²) in [4.78, 5) is 43.1. The predicted molar refractivity (Wildman–Crippen MR) is 147 cm³/mol. The van der Waals surface area contributed by atoms with Crippen molar-refractivity contribution in [3.8, 4) is 17.2 Å². The van der Waals surface area contributed by atoms with Gasteiger partial charge in [-0.2, -0.15) is 0 Å². The Bertz CT molecular complexity index is 1830. The van der Waals surface area contributed by atoms with Gasteiger partial charge in [-0.05, 0) is 46.9 Å². The number of anilines is 1. The quantitative estimate of drug-likeness (QED) is 0.180. The highest BCUT2D eigenvalue weighted by Gasteiger charge is 2.60. The van der Waals surface area contributed by atoms with Crippen molar-refractivity contribution in [2.24, 2.45) is 17.8 Å². The van der Waals surface area contributed by atoms with E-state index in [1.807, 2.05) is 60.7 Å². The number of esters is 1. The maximum absolute atomic E-state index is 14.1. The zero-order chi connectivity index (χ0) is 27.1. The molecule has 196 valence electrons. The summed E-state index contributed by atoms with van der Waals surface area (Å²) < 4.78 is 17.1. The van der Waals surface area contributed by atoms with Crippen LogP contribution in [0.3, 0.4) is 0 Å². The Morgan fingerprint density at radius 2 is 1.62 bits per heavy atom. The normalized spacial score (nSPS) is 24.4. The van der Waals surface area contributed by atoms with Crippen molar-refractivity contribution in [2.75, 3.05) is 11.7 Å². The molecular formula is C32H20ClNO6. The fourth-order valence-electron chi connectivity index (χ4n) is 6.60. The van der Waals surface area contributed by atoms with E-state index < -0.39 is 35.5 Å². The molecule has 0 spiro atoms. The first-order chi connectivity index (χ1) is 19.5. The van der Waals surface area contributed by atoms with Gasteiger partial charge in [0.2, 0.25) is 18.6 Å². The first-order valence-corrected chi connectivity index (χ1v) is 13.4. The standard InChI is InChI=1S/C32H20ClNO6/c33-18-5-3-6-19(13-18)34-30(35)26-22(17-9-11-24-25(12-17)39-15-38-24)14-23-21-10-8-16-4-1-2-7-20(16)29(21)40-32(37)27(23)28(26)31(34)36/h1-14,22,26-28H,15H2/t22-,26+,27-,28-/m1/s1. The molecule has 0 unspecified atom stereocenters. The minimum absolute atomic E-state index is 0.116. The maximum Gasteiger partial charge on any atom is 0.319 e. The highest BCUT2D eigenvalue weighted by atomic mass is 35.5. The van der Waals surface area contributed by atoms with Crippen molar-refractivity contribution >= 4 is 51.4 Å². The summed E-state index contributed by atoms with van der Waals surface area (Å²) in [5.74, 6) is -2.90. The van der Waals surface area contributed by atoms with Crippen LogP contribution in [0.2, 0.25) is 5.02 Å². The molecule has 2 amide bonds. The SMILES string of the molecule is O=C1Oc2c(ccc3ccccc23)C2=C[C@H](c3ccc4c(c3)OCO4)[C@@H]3C(=O)N(c4cccc(Cl)c4)C(=O)[C@H]3[C@H]12. The number of benzene rings is 4. The lowest BCUT2D eigenvalue weighted by atomic mass is 9.64. The average molecular weight is 550 g/mol. The molecule has 4 atom stereocenters. The summed E-state index contributed by atoms with van der Waals surface area (Å²) in [6.45, 7) is 0.116. The molecule has 0 bridgehead atoms. The summed E-state index contributed by atoms with van der Waals surface area (Å²) in [6, 6.07) is 23.8. The Morgan fingerprint density at radius 1 is 0.800 bits per heavy atom. The molecule has 4 aromatic carbocycles. The van der Waals surface area contributed by atoms with Crippen molar-refractivity contribution in [3.63, 3.8) is 0 Å². The summed E-state index contributed by atoms with van der Waals surface area (Å²) >= 11 is 6.23. The van der Waals surface area contributed by atoms with Crippen LogP contribution in [0.4, 0.5) is 5.69 Å². The number of imide groups is 1. The molecule has 0 N–H and O–H groups in total. The molecule has 4 aliphatic rings. The van der Waals surface area contributed by atoms with Crippen LogP contribution >= 0.6 is 11.6 Å². The zero-order valence-corrected chi connectivity index (χ0v) is 21.6. The van der Waals surface area contributed by atoms with Gasteiger partial charge in [0.05, 0.1) is 23.4 Å². The lowest BCUT2D eigenvalue weighted by Crippen LogP contribution is -2.42. The Morgan fingerprint density at radius 3 is 2.50 bits per heavy atom. The van der Waals surface area contributed by atoms with Gasteiger partial charge in [-0.25, -0.2) is 4.90 Å². The van der Waals surface area contributed by atoms with Crippen LogP contribution in [-0.2, 0) is 14.4 Å². The van der Waals surface area contributed by atoms with Crippen LogP contribution in [-0.4, -0.2) is 24.6 Å². The Kier molecular flexibility index (Phi) is 4.91. The number of fused-ring (bicyclic) bond motifs is 8. The van der Waals surface area contributed by atoms with Crippen LogP contribution in [0, 0.1) is 17.8 Å². The molecule has 1 saturated heterocycles. The van der Waals surface area contributed by atoms with Crippen LogP contribution in [0.5, 0.6) is 17.2 Å². The molecule has 1 aliphatic carbocycles. The number of rotatable bonds is 2. The fraction of sp³-hybridized carbons (Fsp3) is 0.156. The van der Waals surface area contributed by atoms with Crippen molar-refractivity contribution in [1.82, 2.24) is 0 Å². The second-order valence-electron chi connectivity index (χ2n) is 10.4. The molecule has 0 aromatic heterocycles. The van der Waals surface area contributed by atoms with Gasteiger partial charge >= 0.3 is 5.97 Å². The summed E-state index contributed by atoms with van der Waals surface area (Å²) in [6.07, 6.45) is 1.96. The van der Waals surface area contributed by atoms with Crippen molar-refractivity contribution in [2.45, 2.75) is 5.92 Å². The number of halogens is 1. The highest BCUT2D eigenvalue weighted by Crippen LogP contribution is 2.56. The average Bonchev–Trinajstić information content (AvgIpc) is 3.54. The third-order valence-corrected chi connectivity index (χ3v) is 8.57. The second-order valence-corrected chi connectivity index (χ2v) is 10.8. The molecule has 4 aromatic rings. The first-order valence-electron chi connectivity index (χ1n) is 13.0. The van der Waals surface area contributed by atoms with E-state index >= 15 is 0 Å². The third-order valence-electron chi connectivity index (χ3n) is 8.33. The Labute approximate surface area is 233 Å². The molecule has 8 heteroatoms. The number of allylic oxidation sites excluding steroid dienone is 1. The Hall–Kier alpha value is -4.62. The van der Waals surface area contributed by atoms with E-state index in [2.05, 4.69) is 0 Å². The lowest BCUT2D eigenvalue weighted by molar-refractivity contribution is -0.142. The molecule has 40 heavy (non-hydrogen) atoms. The molecule has 0 saturated carbocycles. The van der Waals surface area contributed by atoms with Crippen molar-refractivity contribution in [1.29, 1.82) is 0 Å². The molecule has 1 fully saturated rings. The van der Waals surface area contributed by atoms with Crippen LogP contribution in [0.1, 0.15) is 17.0 Å². The van der Waals surface area contributed by atoms with Crippen LogP contribution < -0.4 is 19.1 Å². The van der Waals surface area contributed by atoms with Gasteiger partial charge < -0.3 is 14.2 Å². The minimum Gasteiger partial charge on any atom is -0.454 e. The molecule has 8 rings (SSSR count). The Balaban J connectivity index is 1.35. The van der Waals surface area contributed by atoms with Crippen LogP contribution in [0.15, 0.2) is 84.9 Å². The van der Waals surface area contributed by atoms with E-state index in [0.717, 1.165) is 21.9 Å². The number of amides is 2. The number of nitrogens with zero attached hydrogens (tertiary/aromatic N) is 1. The van der Waals surface area contributed by atoms with E-state index in [4.69, 9.17) is 25.8 Å². The molecular weight excluding hydrogens is 530 g/mol. The van der Waals surface area contributed by atoms with Gasteiger partial charge in [-0.15, -0.1) is 0 Å². The molecule has 7 nitrogen and oxygen atoms in total. The van der Waals surface area contributed by atoms with Crippen molar-refractivity contribution in [3.05, 3.63) is 101 Å². The van der Waals surface area contributed by atoms with Gasteiger partial charge in [0.15, 0.2) is 11.5 Å². The minimum atomic E-state index is -0.950. The van der Waals surface area contributed by atoms with Gasteiger partial charge in [0, 0.05) is 21.9 Å². The van der Waals surface area contributed by atoms with E-state index in [0.29, 0.717) is 33.5 Å². The topological polar surface area (TPSA) is 82.1 Å². The number of carbonyl (C=O) groups is 3. The molecule has 0 radical (unpaired) electrons. The zero-order valence-electron chi connectivity index (χ0n) is 20.9. The summed E-state index contributed by atoms with van der Waals surface area (Å²) in [5, 5.41) is 2.15. The smallest absolute Gasteiger partial charge is 0.319 e. The number of ether oxygens (including phenoxy) is 3. The number of carbonyl (C=O) groups excluding carboxylic acids is 3. The maximum atomic E-state index is 14.1. The second kappa shape index (κ2) is 8.44. The van der Waals surface area contributed by atoms with E-state index in [-0.39, 0.29) is 12.7 Å². The summed E-state index contributed by atoms with van der Waals surface area (Å²) in [7, 11) is 0. The third kappa shape index (κ3) is 3.21. The van der Waals surface area contributed by atoms with E-state index in [1.165, 1.54) is 4.90 Å². The molecule has 3 heterocycles. The monoisotopic (exact) mass is 549 g/mol. The van der Waals surface area contributed by atoms with Gasteiger partial charge in [0.1, 0.15) is 5.75 Å². The van der Waals surface area contributed by atoms with Crippen molar-refractivity contribution < 1.29 is 28.6 Å². The fourth-order valence-corrected chi connectivity index (χ4v) is 6.79. The van der Waals surface area contributed by atoms with E-state index in [9.17, 15) is 14.4 Å². The van der Waals surface area contributed by atoms with Gasteiger partial charge in [-0.1, -0.05) is 66.2 Å². The lowest BCUT2D eigenvalue weighted by Gasteiger charge is -2.38. The largest absolute Gasteiger partial charge is 0.454 e. The highest BCUT2D eigenvalue weighted by molar-refractivity contribution is 6.31. The molecule has 3 aliphatic heterocycles. The van der Waals surface area contributed by atoms with Crippen LogP contribution in [0.25, 0.3) is 16.3 Å². The number of hydrogen-bond acceptors (Lipinski definition) is 6.